The van der Waals surface area contributed by atoms with E-state index in [1.165, 1.54) is 85.2 Å². The molecule has 0 saturated heterocycles. The van der Waals surface area contributed by atoms with Crippen molar-refractivity contribution < 1.29 is 0 Å². The minimum absolute atomic E-state index is 0.385. The molecule has 0 fully saturated rings. The first-order chi connectivity index (χ1) is 32.7. The lowest BCUT2D eigenvalue weighted by Gasteiger charge is -2.25. The summed E-state index contributed by atoms with van der Waals surface area (Å²) in [6.45, 7) is 0. The van der Waals surface area contributed by atoms with Crippen molar-refractivity contribution in [1.29, 1.82) is 0 Å². The minimum atomic E-state index is -0.385. The number of nitrogens with zero attached hydrogens (tertiary/aromatic N) is 3. The predicted octanol–water partition coefficient (Wildman–Crippen LogP) is 15.9. The van der Waals surface area contributed by atoms with Crippen LogP contribution in [0.4, 0.5) is 0 Å². The maximum Gasteiger partial charge on any atom is 0.159 e. The average molecular weight is 859 g/mol. The van der Waals surface area contributed by atoms with Gasteiger partial charge in [-0.05, 0) is 97.2 Å². The molecule has 1 N–H and O–H groups in total. The van der Waals surface area contributed by atoms with Gasteiger partial charge >= 0.3 is 0 Å². The molecule has 3 heterocycles. The molecule has 0 aliphatic carbocycles. The van der Waals surface area contributed by atoms with Gasteiger partial charge in [-0.2, -0.15) is 0 Å². The van der Waals surface area contributed by atoms with E-state index < -0.39 is 0 Å². The number of benzene rings is 11. The van der Waals surface area contributed by atoms with E-state index >= 15 is 0 Å². The summed E-state index contributed by atoms with van der Waals surface area (Å²) in [6, 6.07) is 79.4. The molecule has 0 spiro atoms. The summed E-state index contributed by atoms with van der Waals surface area (Å²) in [5.74, 6) is 1.48. The number of aromatic nitrogens is 1. The molecule has 1 aliphatic rings. The Kier molecular flexibility index (Phi) is 8.18. The van der Waals surface area contributed by atoms with E-state index in [9.17, 15) is 0 Å². The lowest BCUT2D eigenvalue weighted by Crippen LogP contribution is -2.33. The Bertz CT molecular complexity index is 4220. The summed E-state index contributed by atoms with van der Waals surface area (Å²) in [7, 11) is 0. The molecule has 0 bridgehead atoms. The van der Waals surface area contributed by atoms with Crippen LogP contribution in [0.15, 0.2) is 228 Å². The molecule has 0 saturated carbocycles. The molecule has 0 radical (unpaired) electrons. The van der Waals surface area contributed by atoms with Crippen molar-refractivity contribution in [3.63, 3.8) is 0 Å². The van der Waals surface area contributed by atoms with Gasteiger partial charge in [0.05, 0.1) is 16.7 Å². The predicted molar refractivity (Wildman–Crippen MR) is 281 cm³/mol. The molecule has 13 aromatic rings. The number of hydrogen-bond acceptors (Lipinski definition) is 4. The lowest BCUT2D eigenvalue weighted by atomic mass is 9.95. The molecule has 66 heavy (non-hydrogen) atoms. The number of amidine groups is 2. The van der Waals surface area contributed by atoms with Gasteiger partial charge in [-0.15, -0.1) is 11.3 Å². The largest absolute Gasteiger partial charge is 0.344 e. The number of hydrogen-bond donors (Lipinski definition) is 1. The molecular weight excluding hydrogens is 821 g/mol. The molecule has 5 heteroatoms. The van der Waals surface area contributed by atoms with E-state index in [0.29, 0.717) is 5.84 Å². The normalized spacial score (nSPS) is 14.2. The summed E-state index contributed by atoms with van der Waals surface area (Å²) in [5, 5.41) is 18.4. The maximum absolute atomic E-state index is 5.54. The van der Waals surface area contributed by atoms with Gasteiger partial charge in [-0.25, -0.2) is 9.98 Å². The monoisotopic (exact) mass is 858 g/mol. The standard InChI is InChI=1S/C61H38N4S/c1-2-18-41-36-54-51(34-40(41)17-1)57-45-23-8-5-16-39(45)30-33-53(57)65(54)52-32-31-42(35-50(52)46-25-13-29-56-58(46)49-24-9-10-28-55(49)66-56)59-62-60(47-26-11-19-37-14-3-6-21-43(37)47)64-61(63-59)48-27-12-20-38-15-4-7-22-44(38)48/h1-36,60H,(H,62,63,64). The fourth-order valence-electron chi connectivity index (χ4n) is 10.6. The van der Waals surface area contributed by atoms with Crippen molar-refractivity contribution in [3.8, 4) is 16.8 Å². The van der Waals surface area contributed by atoms with Crippen LogP contribution >= 0.6 is 11.3 Å². The quantitative estimate of drug-likeness (QED) is 0.184. The highest BCUT2D eigenvalue weighted by Crippen LogP contribution is 2.45. The van der Waals surface area contributed by atoms with Gasteiger partial charge < -0.3 is 9.88 Å². The van der Waals surface area contributed by atoms with Crippen LogP contribution in [0.25, 0.3) is 102 Å². The molecule has 4 nitrogen and oxygen atoms in total. The molecular formula is C61H38N4S. The first-order valence-corrected chi connectivity index (χ1v) is 23.3. The van der Waals surface area contributed by atoms with Gasteiger partial charge in [0, 0.05) is 53.2 Å². The van der Waals surface area contributed by atoms with Crippen LogP contribution in [0.1, 0.15) is 22.9 Å². The van der Waals surface area contributed by atoms with Gasteiger partial charge in [-0.3, -0.25) is 0 Å². The van der Waals surface area contributed by atoms with Crippen LogP contribution in [0, 0.1) is 0 Å². The molecule has 1 unspecified atom stereocenters. The first kappa shape index (κ1) is 37.0. The van der Waals surface area contributed by atoms with E-state index in [-0.39, 0.29) is 6.17 Å². The van der Waals surface area contributed by atoms with Crippen molar-refractivity contribution in [2.75, 3.05) is 0 Å². The van der Waals surface area contributed by atoms with E-state index in [2.05, 4.69) is 228 Å². The minimum Gasteiger partial charge on any atom is -0.344 e. The van der Waals surface area contributed by atoms with Crippen LogP contribution < -0.4 is 5.32 Å². The number of rotatable bonds is 5. The number of thiophene rings is 1. The summed E-state index contributed by atoms with van der Waals surface area (Å²) in [6.07, 6.45) is -0.385. The fourth-order valence-corrected chi connectivity index (χ4v) is 11.7. The van der Waals surface area contributed by atoms with Gasteiger partial charge in [0.15, 0.2) is 5.84 Å². The molecule has 0 amide bonds. The molecule has 1 aliphatic heterocycles. The van der Waals surface area contributed by atoms with Crippen molar-refractivity contribution in [2.24, 2.45) is 9.98 Å². The SMILES string of the molecule is c1ccc2cc3c(cc2c1)c1c2ccccc2ccc1n3-c1ccc(C2=NC(c3cccc4ccccc34)NC(c3cccc4ccccc34)=N2)cc1-c1cccc2sc3ccccc3c12. The smallest absolute Gasteiger partial charge is 0.159 e. The Balaban J connectivity index is 1.08. The lowest BCUT2D eigenvalue weighted by molar-refractivity contribution is 0.680. The molecule has 14 rings (SSSR count). The number of aliphatic imine (C=N–C) groups is 2. The van der Waals surface area contributed by atoms with E-state index in [4.69, 9.17) is 9.98 Å². The second kappa shape index (κ2) is 14.6. The van der Waals surface area contributed by atoms with Gasteiger partial charge in [0.1, 0.15) is 12.0 Å². The third-order valence-electron chi connectivity index (χ3n) is 13.6. The van der Waals surface area contributed by atoms with Crippen LogP contribution in [-0.2, 0) is 0 Å². The Morgan fingerprint density at radius 1 is 0.409 bits per heavy atom. The third kappa shape index (κ3) is 5.70. The Hall–Kier alpha value is -8.38. The highest BCUT2D eigenvalue weighted by molar-refractivity contribution is 7.25. The first-order valence-electron chi connectivity index (χ1n) is 22.5. The van der Waals surface area contributed by atoms with Crippen molar-refractivity contribution in [2.45, 2.75) is 6.17 Å². The molecule has 1 atom stereocenters. The highest BCUT2D eigenvalue weighted by atomic mass is 32.1. The molecule has 11 aromatic carbocycles. The summed E-state index contributed by atoms with van der Waals surface area (Å²) < 4.78 is 5.04. The van der Waals surface area contributed by atoms with Crippen molar-refractivity contribution in [1.82, 2.24) is 9.88 Å². The zero-order valence-corrected chi connectivity index (χ0v) is 36.4. The van der Waals surface area contributed by atoms with Crippen LogP contribution in [0.3, 0.4) is 0 Å². The van der Waals surface area contributed by atoms with Crippen molar-refractivity contribution >= 4 is 108 Å². The summed E-state index contributed by atoms with van der Waals surface area (Å²) in [5.41, 5.74) is 8.83. The second-order valence-corrected chi connectivity index (χ2v) is 18.4. The Morgan fingerprint density at radius 3 is 1.86 bits per heavy atom. The summed E-state index contributed by atoms with van der Waals surface area (Å²) in [4.78, 5) is 11.0. The Labute approximate surface area is 384 Å². The van der Waals surface area contributed by atoms with Crippen LogP contribution in [0.2, 0.25) is 0 Å². The average Bonchev–Trinajstić information content (AvgIpc) is 3.93. The number of fused-ring (bicyclic) bond motifs is 11. The van der Waals surface area contributed by atoms with E-state index in [0.717, 1.165) is 39.2 Å². The van der Waals surface area contributed by atoms with E-state index in [1.54, 1.807) is 0 Å². The number of nitrogens with one attached hydrogen (secondary N) is 1. The van der Waals surface area contributed by atoms with Crippen molar-refractivity contribution in [3.05, 3.63) is 235 Å². The zero-order chi connectivity index (χ0) is 43.3. The topological polar surface area (TPSA) is 41.7 Å². The summed E-state index contributed by atoms with van der Waals surface area (Å²) >= 11 is 1.85. The van der Waals surface area contributed by atoms with E-state index in [1.807, 2.05) is 11.3 Å². The zero-order valence-electron chi connectivity index (χ0n) is 35.6. The Morgan fingerprint density at radius 2 is 1.03 bits per heavy atom. The third-order valence-corrected chi connectivity index (χ3v) is 14.8. The molecule has 308 valence electrons. The van der Waals surface area contributed by atoms with Gasteiger partial charge in [-0.1, -0.05) is 170 Å². The highest BCUT2D eigenvalue weighted by Gasteiger charge is 2.26. The van der Waals surface area contributed by atoms with Crippen LogP contribution in [-0.4, -0.2) is 16.2 Å². The van der Waals surface area contributed by atoms with Gasteiger partial charge in [0.2, 0.25) is 0 Å². The van der Waals surface area contributed by atoms with Gasteiger partial charge in [0.25, 0.3) is 0 Å². The fraction of sp³-hybridized carbons (Fsp3) is 0.0164. The maximum atomic E-state index is 5.54. The van der Waals surface area contributed by atoms with Crippen LogP contribution in [0.5, 0.6) is 0 Å². The second-order valence-electron chi connectivity index (χ2n) is 17.3. The molecule has 2 aromatic heterocycles.